The molecule has 0 radical (unpaired) electrons. The molecule has 18 heavy (non-hydrogen) atoms. The molecule has 1 heterocycles. The topological polar surface area (TPSA) is 21.6 Å². The number of nitrogens with zero attached hydrogens (tertiary/aromatic N) is 1. The fourth-order valence-corrected chi connectivity index (χ4v) is 2.53. The Bertz CT molecular complexity index is 331. The van der Waals surface area contributed by atoms with Gasteiger partial charge in [0.2, 0.25) is 0 Å². The minimum Gasteiger partial charge on any atom is -0.492 e. The van der Waals surface area contributed by atoms with Gasteiger partial charge in [-0.1, -0.05) is 39.2 Å². The molecule has 0 aromatic carbocycles. The minimum absolute atomic E-state index is 0.814. The summed E-state index contributed by atoms with van der Waals surface area (Å²) in [5, 5.41) is 0. The van der Waals surface area contributed by atoms with Gasteiger partial charge in [0.15, 0.2) is 0 Å². The lowest BCUT2D eigenvalue weighted by atomic mass is 10.1. The fraction of sp³-hybridized carbons (Fsp3) is 0.667. The SMILES string of the molecule is CC/C=C(\C)C1=NSCC=C1OCCCCCC. The van der Waals surface area contributed by atoms with Crippen LogP contribution in [0.5, 0.6) is 0 Å². The second kappa shape index (κ2) is 9.26. The number of hydrogen-bond donors (Lipinski definition) is 0. The van der Waals surface area contributed by atoms with Crippen molar-refractivity contribution in [2.24, 2.45) is 4.40 Å². The molecule has 0 aromatic rings. The summed E-state index contributed by atoms with van der Waals surface area (Å²) in [7, 11) is 0. The van der Waals surface area contributed by atoms with Gasteiger partial charge in [0.1, 0.15) is 11.5 Å². The van der Waals surface area contributed by atoms with Crippen LogP contribution in [-0.4, -0.2) is 18.1 Å². The molecule has 1 aliphatic rings. The average Bonchev–Trinajstić information content (AvgIpc) is 2.39. The zero-order valence-electron chi connectivity index (χ0n) is 11.9. The highest BCUT2D eigenvalue weighted by Crippen LogP contribution is 2.21. The second-order valence-electron chi connectivity index (χ2n) is 4.51. The molecule has 0 spiro atoms. The van der Waals surface area contributed by atoms with E-state index in [-0.39, 0.29) is 0 Å². The van der Waals surface area contributed by atoms with Crippen LogP contribution in [0.2, 0.25) is 0 Å². The number of rotatable bonds is 8. The molecule has 1 rings (SSSR count). The maximum Gasteiger partial charge on any atom is 0.142 e. The molecule has 1 aliphatic heterocycles. The molecule has 0 aliphatic carbocycles. The Hall–Kier alpha value is -0.700. The van der Waals surface area contributed by atoms with E-state index in [9.17, 15) is 0 Å². The Kier molecular flexibility index (Phi) is 7.90. The summed E-state index contributed by atoms with van der Waals surface area (Å²) in [5.41, 5.74) is 2.26. The molecule has 3 heteroatoms. The average molecular weight is 267 g/mol. The summed E-state index contributed by atoms with van der Waals surface area (Å²) in [5.74, 6) is 1.90. The lowest BCUT2D eigenvalue weighted by Crippen LogP contribution is -2.12. The number of hydrogen-bond acceptors (Lipinski definition) is 3. The first-order valence-electron chi connectivity index (χ1n) is 7.00. The molecule has 0 atom stereocenters. The van der Waals surface area contributed by atoms with E-state index in [0.29, 0.717) is 0 Å². The summed E-state index contributed by atoms with van der Waals surface area (Å²) in [6.07, 6.45) is 10.4. The van der Waals surface area contributed by atoms with Gasteiger partial charge in [-0.15, -0.1) is 0 Å². The second-order valence-corrected chi connectivity index (χ2v) is 5.28. The third-order valence-corrected chi connectivity index (χ3v) is 3.50. The zero-order chi connectivity index (χ0) is 13.2. The van der Waals surface area contributed by atoms with E-state index in [1.165, 1.54) is 24.8 Å². The molecule has 0 bridgehead atoms. The van der Waals surface area contributed by atoms with Crippen LogP contribution in [0.4, 0.5) is 0 Å². The lowest BCUT2D eigenvalue weighted by Gasteiger charge is -2.16. The largest absolute Gasteiger partial charge is 0.492 e. The Morgan fingerprint density at radius 3 is 2.94 bits per heavy atom. The molecule has 0 saturated heterocycles. The first kappa shape index (κ1) is 15.4. The van der Waals surface area contributed by atoms with Gasteiger partial charge >= 0.3 is 0 Å². The summed E-state index contributed by atoms with van der Waals surface area (Å²) in [6, 6.07) is 0. The predicted molar refractivity (Wildman–Crippen MR) is 82.1 cm³/mol. The van der Waals surface area contributed by atoms with Crippen molar-refractivity contribution in [3.05, 3.63) is 23.5 Å². The molecule has 0 unspecified atom stereocenters. The molecule has 2 nitrogen and oxygen atoms in total. The van der Waals surface area contributed by atoms with Gasteiger partial charge in [0.25, 0.3) is 0 Å². The van der Waals surface area contributed by atoms with E-state index < -0.39 is 0 Å². The van der Waals surface area contributed by atoms with Crippen molar-refractivity contribution in [2.45, 2.75) is 52.9 Å². The van der Waals surface area contributed by atoms with Crippen molar-refractivity contribution in [3.8, 4) is 0 Å². The van der Waals surface area contributed by atoms with Gasteiger partial charge in [0, 0.05) is 5.75 Å². The van der Waals surface area contributed by atoms with Gasteiger partial charge in [-0.3, -0.25) is 0 Å². The summed E-state index contributed by atoms with van der Waals surface area (Å²) >= 11 is 1.60. The van der Waals surface area contributed by atoms with Crippen LogP contribution in [-0.2, 0) is 4.74 Å². The van der Waals surface area contributed by atoms with E-state index in [0.717, 1.165) is 36.7 Å². The molecule has 0 amide bonds. The van der Waals surface area contributed by atoms with Crippen molar-refractivity contribution >= 4 is 17.7 Å². The highest BCUT2D eigenvalue weighted by atomic mass is 32.2. The van der Waals surface area contributed by atoms with Crippen LogP contribution in [0.15, 0.2) is 27.9 Å². The van der Waals surface area contributed by atoms with Gasteiger partial charge in [-0.05, 0) is 43.4 Å². The smallest absolute Gasteiger partial charge is 0.142 e. The van der Waals surface area contributed by atoms with E-state index in [1.807, 2.05) is 0 Å². The van der Waals surface area contributed by atoms with Gasteiger partial charge in [0.05, 0.1) is 6.61 Å². The van der Waals surface area contributed by atoms with Crippen LogP contribution in [0.25, 0.3) is 0 Å². The highest BCUT2D eigenvalue weighted by molar-refractivity contribution is 7.98. The third kappa shape index (κ3) is 5.30. The maximum absolute atomic E-state index is 5.89. The van der Waals surface area contributed by atoms with Crippen molar-refractivity contribution < 1.29 is 4.74 Å². The van der Waals surface area contributed by atoms with E-state index in [2.05, 4.69) is 37.3 Å². The highest BCUT2D eigenvalue weighted by Gasteiger charge is 2.14. The summed E-state index contributed by atoms with van der Waals surface area (Å²) in [6.45, 7) is 7.30. The predicted octanol–water partition coefficient (Wildman–Crippen LogP) is 4.93. The Balaban J connectivity index is 2.45. The maximum atomic E-state index is 5.89. The Morgan fingerprint density at radius 2 is 2.22 bits per heavy atom. The van der Waals surface area contributed by atoms with Crippen LogP contribution in [0.1, 0.15) is 52.9 Å². The normalized spacial score (nSPS) is 16.3. The molecular formula is C15H25NOS. The summed E-state index contributed by atoms with van der Waals surface area (Å²) < 4.78 is 10.4. The molecule has 0 N–H and O–H groups in total. The van der Waals surface area contributed by atoms with E-state index in [1.54, 1.807) is 11.9 Å². The van der Waals surface area contributed by atoms with Crippen molar-refractivity contribution in [1.82, 2.24) is 0 Å². The number of unbranched alkanes of at least 4 members (excludes halogenated alkanes) is 3. The lowest BCUT2D eigenvalue weighted by molar-refractivity contribution is 0.223. The monoisotopic (exact) mass is 267 g/mol. The van der Waals surface area contributed by atoms with E-state index in [4.69, 9.17) is 4.74 Å². The Morgan fingerprint density at radius 1 is 1.39 bits per heavy atom. The molecule has 102 valence electrons. The van der Waals surface area contributed by atoms with Crippen LogP contribution < -0.4 is 0 Å². The van der Waals surface area contributed by atoms with Crippen LogP contribution >= 0.6 is 11.9 Å². The van der Waals surface area contributed by atoms with Gasteiger partial charge in [-0.25, -0.2) is 4.40 Å². The first-order chi connectivity index (χ1) is 8.79. The van der Waals surface area contributed by atoms with Gasteiger partial charge in [-0.2, -0.15) is 0 Å². The minimum atomic E-state index is 0.814. The van der Waals surface area contributed by atoms with Crippen LogP contribution in [0.3, 0.4) is 0 Å². The van der Waals surface area contributed by atoms with Crippen molar-refractivity contribution in [1.29, 1.82) is 0 Å². The quantitative estimate of drug-likeness (QED) is 0.459. The van der Waals surface area contributed by atoms with Crippen molar-refractivity contribution in [2.75, 3.05) is 12.4 Å². The molecule has 0 saturated carbocycles. The van der Waals surface area contributed by atoms with Crippen LogP contribution in [0, 0.1) is 0 Å². The first-order valence-corrected chi connectivity index (χ1v) is 7.94. The van der Waals surface area contributed by atoms with Crippen molar-refractivity contribution in [3.63, 3.8) is 0 Å². The van der Waals surface area contributed by atoms with E-state index >= 15 is 0 Å². The number of ether oxygens (including phenoxy) is 1. The zero-order valence-corrected chi connectivity index (χ0v) is 12.7. The molecule has 0 fully saturated rings. The molecular weight excluding hydrogens is 242 g/mol. The summed E-state index contributed by atoms with van der Waals surface area (Å²) in [4.78, 5) is 0. The standard InChI is InChI=1S/C15H25NOS/c1-4-6-7-8-11-17-14-10-12-18-16-15(14)13(3)9-5-2/h9-10H,4-8,11-12H2,1-3H3/b13-9+. The molecule has 0 aromatic heterocycles. The number of allylic oxidation sites excluding steroid dienone is 2. The van der Waals surface area contributed by atoms with Gasteiger partial charge < -0.3 is 4.74 Å². The Labute approximate surface area is 116 Å². The fourth-order valence-electron chi connectivity index (χ4n) is 1.86. The third-order valence-electron chi connectivity index (χ3n) is 2.87.